The minimum absolute atomic E-state index is 0.0224. The number of likely N-dealkylation sites (tertiary alicyclic amines) is 2. The molecule has 7 nitrogen and oxygen atoms in total. The summed E-state index contributed by atoms with van der Waals surface area (Å²) in [5, 5.41) is 0. The van der Waals surface area contributed by atoms with Crippen LogP contribution in [0.4, 0.5) is 30.7 Å². The van der Waals surface area contributed by atoms with Gasteiger partial charge in [0.1, 0.15) is 11.7 Å². The third-order valence-electron chi connectivity index (χ3n) is 9.01. The molecule has 2 saturated heterocycles. The van der Waals surface area contributed by atoms with Gasteiger partial charge < -0.3 is 15.5 Å². The van der Waals surface area contributed by atoms with Crippen LogP contribution in [0.2, 0.25) is 0 Å². The summed E-state index contributed by atoms with van der Waals surface area (Å²) >= 11 is 0. The van der Waals surface area contributed by atoms with Crippen molar-refractivity contribution < 1.29 is 45.1 Å². The molecule has 2 N–H and O–H groups in total. The number of aryl methyl sites for hydroxylation is 1. The van der Waals surface area contributed by atoms with Crippen LogP contribution in [0.15, 0.2) is 41.4 Å². The second-order valence-corrected chi connectivity index (χ2v) is 12.5. The number of halogens is 7. The van der Waals surface area contributed by atoms with E-state index in [1.165, 1.54) is 19.1 Å². The van der Waals surface area contributed by atoms with Crippen LogP contribution in [0.5, 0.6) is 0 Å². The highest BCUT2D eigenvalue weighted by Gasteiger charge is 2.43. The van der Waals surface area contributed by atoms with Crippen molar-refractivity contribution in [2.24, 2.45) is 22.6 Å². The number of benzene rings is 2. The van der Waals surface area contributed by atoms with Crippen molar-refractivity contribution in [1.82, 2.24) is 9.80 Å². The maximum atomic E-state index is 14.0. The highest BCUT2D eigenvalue weighted by Crippen LogP contribution is 2.40. The molecule has 2 atom stereocenters. The van der Waals surface area contributed by atoms with Gasteiger partial charge in [-0.3, -0.25) is 14.4 Å². The van der Waals surface area contributed by atoms with Gasteiger partial charge in [-0.1, -0.05) is 6.07 Å². The lowest BCUT2D eigenvalue weighted by molar-refractivity contribution is -0.143. The van der Waals surface area contributed by atoms with Crippen LogP contribution < -0.4 is 5.73 Å². The van der Waals surface area contributed by atoms with E-state index in [2.05, 4.69) is 4.99 Å². The fraction of sp³-hybridized carbons (Fsp3) is 0.500. The molecular weight excluding hydrogens is 621 g/mol. The highest BCUT2D eigenvalue weighted by molar-refractivity contribution is 6.00. The molecule has 0 unspecified atom stereocenters. The lowest BCUT2D eigenvalue weighted by Gasteiger charge is -2.32. The van der Waals surface area contributed by atoms with Crippen molar-refractivity contribution in [3.05, 3.63) is 70.0 Å². The van der Waals surface area contributed by atoms with Gasteiger partial charge in [-0.25, -0.2) is 4.39 Å². The molecule has 250 valence electrons. The van der Waals surface area contributed by atoms with Gasteiger partial charge in [-0.2, -0.15) is 31.3 Å². The first kappa shape index (κ1) is 34.9. The van der Waals surface area contributed by atoms with Gasteiger partial charge in [0, 0.05) is 50.9 Å². The van der Waals surface area contributed by atoms with Crippen molar-refractivity contribution in [3.8, 4) is 0 Å². The number of piperidine rings is 1. The van der Waals surface area contributed by atoms with Crippen molar-refractivity contribution in [2.45, 2.75) is 64.2 Å². The second kappa shape index (κ2) is 12.7. The molecule has 0 aliphatic carbocycles. The van der Waals surface area contributed by atoms with E-state index in [1.54, 1.807) is 22.8 Å². The van der Waals surface area contributed by atoms with Crippen LogP contribution in [0.25, 0.3) is 0 Å². The summed E-state index contributed by atoms with van der Waals surface area (Å²) in [4.78, 5) is 46.0. The van der Waals surface area contributed by atoms with Gasteiger partial charge in [-0.15, -0.1) is 0 Å². The molecule has 0 saturated carbocycles. The molecule has 2 fully saturated rings. The minimum atomic E-state index is -5.11. The zero-order chi connectivity index (χ0) is 34.4. The first-order chi connectivity index (χ1) is 21.2. The average Bonchev–Trinajstić information content (AvgIpc) is 3.41. The van der Waals surface area contributed by atoms with E-state index in [4.69, 9.17) is 5.73 Å². The Morgan fingerprint density at radius 2 is 1.39 bits per heavy atom. The van der Waals surface area contributed by atoms with E-state index in [-0.39, 0.29) is 42.7 Å². The molecule has 0 spiro atoms. The Bertz CT molecular complexity index is 1510. The molecule has 2 aromatic carbocycles. The standard InChI is InChI=1S/C32H35F7N4O3/c1-17-11-23(33)5-6-24(17)25-15-43(28(45)19-7-9-42(10-8-19)18(2)44)16-26(25)27(40)41-29(46)30(3,4)20-12-21(31(34,35)36)14-22(13-20)32(37,38)39/h5-6,11-14,19,25-26H,7-10,15-16H2,1-4H3,(H2,40,41,46)/t25-,26+/m0/s1. The Morgan fingerprint density at radius 1 is 0.848 bits per heavy atom. The first-order valence-corrected chi connectivity index (χ1v) is 14.7. The fourth-order valence-corrected chi connectivity index (χ4v) is 6.13. The molecule has 2 aliphatic heterocycles. The predicted molar refractivity (Wildman–Crippen MR) is 155 cm³/mol. The molecule has 2 heterocycles. The Kier molecular flexibility index (Phi) is 9.61. The monoisotopic (exact) mass is 656 g/mol. The van der Waals surface area contributed by atoms with Crippen LogP contribution in [0.1, 0.15) is 67.3 Å². The van der Waals surface area contributed by atoms with E-state index in [0.717, 1.165) is 13.8 Å². The van der Waals surface area contributed by atoms with E-state index >= 15 is 0 Å². The van der Waals surface area contributed by atoms with E-state index < -0.39 is 58.0 Å². The van der Waals surface area contributed by atoms with Crippen LogP contribution in [0.3, 0.4) is 0 Å². The molecular formula is C32H35F7N4O3. The van der Waals surface area contributed by atoms with Gasteiger partial charge in [0.25, 0.3) is 5.91 Å². The minimum Gasteiger partial charge on any atom is -0.387 e. The molecule has 0 radical (unpaired) electrons. The van der Waals surface area contributed by atoms with Gasteiger partial charge >= 0.3 is 12.4 Å². The summed E-state index contributed by atoms with van der Waals surface area (Å²) in [6.45, 7) is 6.45. The summed E-state index contributed by atoms with van der Waals surface area (Å²) in [6.07, 6.45) is -9.32. The number of carbonyl (C=O) groups is 3. The van der Waals surface area contributed by atoms with E-state index in [1.807, 2.05) is 0 Å². The third-order valence-corrected chi connectivity index (χ3v) is 9.01. The highest BCUT2D eigenvalue weighted by atomic mass is 19.4. The summed E-state index contributed by atoms with van der Waals surface area (Å²) in [5.74, 6) is -3.76. The Morgan fingerprint density at radius 3 is 1.89 bits per heavy atom. The van der Waals surface area contributed by atoms with E-state index in [9.17, 15) is 45.1 Å². The quantitative estimate of drug-likeness (QED) is 0.249. The lowest BCUT2D eigenvalue weighted by Crippen LogP contribution is -2.43. The Labute approximate surface area is 261 Å². The van der Waals surface area contributed by atoms with Crippen LogP contribution in [0, 0.1) is 24.6 Å². The van der Waals surface area contributed by atoms with Gasteiger partial charge in [0.2, 0.25) is 11.8 Å². The molecule has 3 amide bonds. The first-order valence-electron chi connectivity index (χ1n) is 14.7. The summed E-state index contributed by atoms with van der Waals surface area (Å²) in [6, 6.07) is 5.04. The number of hydrogen-bond acceptors (Lipinski definition) is 3. The average molecular weight is 657 g/mol. The zero-order valence-electron chi connectivity index (χ0n) is 25.7. The van der Waals surface area contributed by atoms with Crippen molar-refractivity contribution in [2.75, 3.05) is 26.2 Å². The summed E-state index contributed by atoms with van der Waals surface area (Å²) in [7, 11) is 0. The summed E-state index contributed by atoms with van der Waals surface area (Å²) < 4.78 is 95.1. The number of amidine groups is 1. The largest absolute Gasteiger partial charge is 0.416 e. The second-order valence-electron chi connectivity index (χ2n) is 12.5. The number of alkyl halides is 6. The predicted octanol–water partition coefficient (Wildman–Crippen LogP) is 5.83. The van der Waals surface area contributed by atoms with Gasteiger partial charge in [0.05, 0.1) is 16.5 Å². The zero-order valence-corrected chi connectivity index (χ0v) is 25.7. The third kappa shape index (κ3) is 7.36. The van der Waals surface area contributed by atoms with Gasteiger partial charge in [-0.05, 0) is 80.6 Å². The lowest BCUT2D eigenvalue weighted by atomic mass is 9.81. The molecule has 4 rings (SSSR count). The van der Waals surface area contributed by atoms with Crippen LogP contribution in [-0.2, 0) is 32.2 Å². The SMILES string of the molecule is CC(=O)N1CCC(C(=O)N2C[C@@H](C(N)=NC(=O)C(C)(C)c3cc(C(F)(F)F)cc(C(F)(F)F)c3)[C@H](c3ccc(F)cc3C)C2)CC1. The number of rotatable bonds is 5. The fourth-order valence-electron chi connectivity index (χ4n) is 6.13. The Balaban J connectivity index is 1.67. The number of aliphatic imine (C=N–C) groups is 1. The molecule has 14 heteroatoms. The van der Waals surface area contributed by atoms with Crippen molar-refractivity contribution in [1.29, 1.82) is 0 Å². The number of nitrogens with zero attached hydrogens (tertiary/aromatic N) is 3. The Hall–Kier alpha value is -3.97. The maximum Gasteiger partial charge on any atom is 0.416 e. The van der Waals surface area contributed by atoms with Crippen LogP contribution >= 0.6 is 0 Å². The topological polar surface area (TPSA) is 96.1 Å². The van der Waals surface area contributed by atoms with Crippen LogP contribution in [-0.4, -0.2) is 59.5 Å². The number of nitrogens with two attached hydrogens (primary N) is 1. The molecule has 0 aromatic heterocycles. The maximum absolute atomic E-state index is 14.0. The van der Waals surface area contributed by atoms with Crippen molar-refractivity contribution >= 4 is 23.6 Å². The van der Waals surface area contributed by atoms with Crippen molar-refractivity contribution in [3.63, 3.8) is 0 Å². The molecule has 2 aliphatic rings. The number of carbonyl (C=O) groups excluding carboxylic acids is 3. The molecule has 2 aromatic rings. The smallest absolute Gasteiger partial charge is 0.387 e. The molecule has 46 heavy (non-hydrogen) atoms. The number of hydrogen-bond donors (Lipinski definition) is 1. The summed E-state index contributed by atoms with van der Waals surface area (Å²) in [5.41, 5.74) is 1.92. The number of amides is 3. The van der Waals surface area contributed by atoms with Gasteiger partial charge in [0.15, 0.2) is 0 Å². The normalized spacial score (nSPS) is 20.3. The van der Waals surface area contributed by atoms with E-state index in [0.29, 0.717) is 49.2 Å². The molecule has 0 bridgehead atoms.